The van der Waals surface area contributed by atoms with Crippen molar-refractivity contribution >= 4 is 40.5 Å². The lowest BCUT2D eigenvalue weighted by atomic mass is 10.1. The van der Waals surface area contributed by atoms with E-state index in [2.05, 4.69) is 4.90 Å². The van der Waals surface area contributed by atoms with Gasteiger partial charge in [-0.1, -0.05) is 26.0 Å². The zero-order valence-electron chi connectivity index (χ0n) is 17.6. The van der Waals surface area contributed by atoms with Crippen molar-refractivity contribution in [3.05, 3.63) is 59.0 Å². The summed E-state index contributed by atoms with van der Waals surface area (Å²) in [5, 5.41) is 0.183. The first kappa shape index (κ1) is 20.5. The number of carbonyl (C=O) groups excluding carboxylic acids is 2. The second-order valence-electron chi connectivity index (χ2n) is 7.76. The molecule has 1 fully saturated rings. The number of carbonyl (C=O) groups is 2. The molecule has 0 spiro atoms. The third-order valence-corrected chi connectivity index (χ3v) is 6.44. The fourth-order valence-electron chi connectivity index (χ4n) is 3.89. The Morgan fingerprint density at radius 1 is 0.867 bits per heavy atom. The van der Waals surface area contributed by atoms with E-state index in [0.29, 0.717) is 21.9 Å². The number of nitrogens with zero attached hydrogens (tertiary/aromatic N) is 2. The predicted molar refractivity (Wildman–Crippen MR) is 123 cm³/mol. The van der Waals surface area contributed by atoms with E-state index in [1.807, 2.05) is 62.4 Å². The quantitative estimate of drug-likeness (QED) is 0.631. The van der Waals surface area contributed by atoms with Gasteiger partial charge in [0.15, 0.2) is 0 Å². The first-order chi connectivity index (χ1) is 14.5. The molecule has 2 aromatic carbocycles. The minimum Gasteiger partial charge on any atom is -0.497 e. The first-order valence-corrected chi connectivity index (χ1v) is 11.2. The van der Waals surface area contributed by atoms with Gasteiger partial charge in [0.2, 0.25) is 0 Å². The lowest BCUT2D eigenvalue weighted by molar-refractivity contribution is -0.119. The number of imide groups is 1. The molecule has 0 N–H and O–H groups in total. The third kappa shape index (κ3) is 3.84. The number of amides is 2. The van der Waals surface area contributed by atoms with Gasteiger partial charge >= 0.3 is 0 Å². The van der Waals surface area contributed by atoms with Crippen LogP contribution in [0, 0.1) is 0 Å². The molecule has 6 heteroatoms. The first-order valence-electron chi connectivity index (χ1n) is 10.3. The molecular formula is C24H26N2O3S. The molecule has 156 valence electrons. The lowest BCUT2D eigenvalue weighted by Gasteiger charge is -2.20. The highest BCUT2D eigenvalue weighted by atomic mass is 32.2. The van der Waals surface area contributed by atoms with E-state index in [4.69, 9.17) is 4.74 Å². The molecule has 1 saturated heterocycles. The van der Waals surface area contributed by atoms with E-state index in [-0.39, 0.29) is 17.1 Å². The van der Waals surface area contributed by atoms with E-state index in [0.717, 1.165) is 24.3 Å². The van der Waals surface area contributed by atoms with Crippen LogP contribution in [0.15, 0.2) is 53.4 Å². The smallest absolute Gasteiger partial charge is 0.272 e. The summed E-state index contributed by atoms with van der Waals surface area (Å²) in [7, 11) is 1.60. The van der Waals surface area contributed by atoms with Crippen molar-refractivity contribution in [3.63, 3.8) is 0 Å². The molecule has 0 bridgehead atoms. The Balaban J connectivity index is 1.67. The van der Waals surface area contributed by atoms with Gasteiger partial charge in [-0.3, -0.25) is 9.59 Å². The summed E-state index contributed by atoms with van der Waals surface area (Å²) < 4.78 is 5.23. The molecule has 2 aromatic rings. The molecule has 0 aliphatic carbocycles. The van der Waals surface area contributed by atoms with Crippen LogP contribution in [0.5, 0.6) is 5.75 Å². The van der Waals surface area contributed by atoms with Crippen molar-refractivity contribution in [1.29, 1.82) is 0 Å². The van der Waals surface area contributed by atoms with Crippen LogP contribution in [0.4, 0.5) is 11.4 Å². The predicted octanol–water partition coefficient (Wildman–Crippen LogP) is 4.72. The second-order valence-corrected chi connectivity index (χ2v) is 9.34. The maximum absolute atomic E-state index is 13.4. The zero-order chi connectivity index (χ0) is 21.3. The van der Waals surface area contributed by atoms with Gasteiger partial charge in [0, 0.05) is 24.0 Å². The summed E-state index contributed by atoms with van der Waals surface area (Å²) in [4.78, 5) is 30.8. The molecule has 30 heavy (non-hydrogen) atoms. The summed E-state index contributed by atoms with van der Waals surface area (Å²) >= 11 is 1.44. The van der Waals surface area contributed by atoms with Gasteiger partial charge in [-0.15, -0.1) is 11.8 Å². The monoisotopic (exact) mass is 422 g/mol. The highest BCUT2D eigenvalue weighted by molar-refractivity contribution is 8.04. The molecule has 0 unspecified atom stereocenters. The fraction of sp³-hybridized carbons (Fsp3) is 0.333. The van der Waals surface area contributed by atoms with Gasteiger partial charge < -0.3 is 9.64 Å². The van der Waals surface area contributed by atoms with Crippen LogP contribution in [0.1, 0.15) is 32.3 Å². The molecule has 0 saturated carbocycles. The number of ether oxygens (including phenoxy) is 1. The van der Waals surface area contributed by atoms with E-state index >= 15 is 0 Å². The van der Waals surface area contributed by atoms with Gasteiger partial charge in [-0.25, -0.2) is 4.90 Å². The topological polar surface area (TPSA) is 49.9 Å². The summed E-state index contributed by atoms with van der Waals surface area (Å²) in [5.74, 6) is 0.184. The van der Waals surface area contributed by atoms with E-state index in [1.54, 1.807) is 7.11 Å². The molecule has 0 atom stereocenters. The largest absolute Gasteiger partial charge is 0.497 e. The van der Waals surface area contributed by atoms with E-state index < -0.39 is 0 Å². The summed E-state index contributed by atoms with van der Waals surface area (Å²) in [6, 6.07) is 15.0. The van der Waals surface area contributed by atoms with Crippen LogP contribution in [0.2, 0.25) is 0 Å². The van der Waals surface area contributed by atoms with Gasteiger partial charge in [0.25, 0.3) is 11.8 Å². The highest BCUT2D eigenvalue weighted by Crippen LogP contribution is 2.40. The average molecular weight is 423 g/mol. The van der Waals surface area contributed by atoms with Crippen LogP contribution < -0.4 is 14.5 Å². The standard InChI is InChI=1S/C24H26N2O3S/c1-16(2)30-22-21(17-6-12-20(29-3)13-7-17)23(27)26(24(22)28)19-10-8-18(9-11-19)25-14-4-5-15-25/h6-13,16H,4-5,14-15H2,1-3H3. The number of anilines is 2. The van der Waals surface area contributed by atoms with Gasteiger partial charge in [0.05, 0.1) is 23.3 Å². The van der Waals surface area contributed by atoms with Crippen LogP contribution in [0.3, 0.4) is 0 Å². The second kappa shape index (κ2) is 8.56. The minimum atomic E-state index is -0.276. The number of hydrogen-bond acceptors (Lipinski definition) is 5. The van der Waals surface area contributed by atoms with Gasteiger partial charge in [-0.05, 0) is 54.8 Å². The Bertz CT molecular complexity index is 975. The summed E-state index contributed by atoms with van der Waals surface area (Å²) in [6.45, 7) is 6.15. The number of hydrogen-bond donors (Lipinski definition) is 0. The van der Waals surface area contributed by atoms with Gasteiger partial charge in [0.1, 0.15) is 5.75 Å². The van der Waals surface area contributed by atoms with Crippen molar-refractivity contribution < 1.29 is 14.3 Å². The molecule has 2 aliphatic rings. The van der Waals surface area contributed by atoms with E-state index in [1.165, 1.54) is 29.5 Å². The fourth-order valence-corrected chi connectivity index (χ4v) is 4.88. The SMILES string of the molecule is COc1ccc(C2=C(SC(C)C)C(=O)N(c3ccc(N4CCCC4)cc3)C2=O)cc1. The van der Waals surface area contributed by atoms with Crippen LogP contribution in [0.25, 0.3) is 5.57 Å². The summed E-state index contributed by atoms with van der Waals surface area (Å²) in [6.07, 6.45) is 2.41. The number of benzene rings is 2. The number of thioether (sulfide) groups is 1. The normalized spacial score (nSPS) is 16.9. The van der Waals surface area contributed by atoms with Gasteiger partial charge in [-0.2, -0.15) is 0 Å². The molecule has 5 nitrogen and oxygen atoms in total. The molecular weight excluding hydrogens is 396 g/mol. The van der Waals surface area contributed by atoms with E-state index in [9.17, 15) is 9.59 Å². The van der Waals surface area contributed by atoms with Crippen LogP contribution in [-0.2, 0) is 9.59 Å². The maximum atomic E-state index is 13.4. The molecule has 2 heterocycles. The molecule has 0 aromatic heterocycles. The Morgan fingerprint density at radius 2 is 1.47 bits per heavy atom. The molecule has 2 aliphatic heterocycles. The van der Waals surface area contributed by atoms with Crippen molar-refractivity contribution in [2.75, 3.05) is 30.0 Å². The molecule has 0 radical (unpaired) electrons. The molecule has 4 rings (SSSR count). The van der Waals surface area contributed by atoms with Crippen molar-refractivity contribution in [2.45, 2.75) is 31.9 Å². The number of methoxy groups -OCH3 is 1. The molecule has 2 amide bonds. The van der Waals surface area contributed by atoms with Crippen LogP contribution >= 0.6 is 11.8 Å². The third-order valence-electron chi connectivity index (χ3n) is 5.35. The Kier molecular flexibility index (Phi) is 5.86. The minimum absolute atomic E-state index is 0.183. The lowest BCUT2D eigenvalue weighted by Crippen LogP contribution is -2.31. The maximum Gasteiger partial charge on any atom is 0.272 e. The number of rotatable bonds is 6. The highest BCUT2D eigenvalue weighted by Gasteiger charge is 2.40. The Hall–Kier alpha value is -2.73. The summed E-state index contributed by atoms with van der Waals surface area (Å²) in [5.41, 5.74) is 2.94. The Morgan fingerprint density at radius 3 is 2.03 bits per heavy atom. The average Bonchev–Trinajstić information content (AvgIpc) is 3.36. The zero-order valence-corrected chi connectivity index (χ0v) is 18.4. The van der Waals surface area contributed by atoms with Crippen LogP contribution in [-0.4, -0.2) is 37.3 Å². The van der Waals surface area contributed by atoms with Crippen molar-refractivity contribution in [1.82, 2.24) is 0 Å². The Labute approximate surface area is 181 Å². The van der Waals surface area contributed by atoms with Crippen molar-refractivity contribution in [2.24, 2.45) is 0 Å². The van der Waals surface area contributed by atoms with Crippen molar-refractivity contribution in [3.8, 4) is 5.75 Å².